The molecule has 8 heteroatoms. The number of urea groups is 1. The summed E-state index contributed by atoms with van der Waals surface area (Å²) < 4.78 is 1.97. The van der Waals surface area contributed by atoms with E-state index in [1.165, 1.54) is 12.8 Å². The fourth-order valence-electron chi connectivity index (χ4n) is 4.80. The first-order valence-electron chi connectivity index (χ1n) is 10.0. The molecule has 0 bridgehead atoms. The van der Waals surface area contributed by atoms with E-state index in [2.05, 4.69) is 17.5 Å². The third-order valence-electron chi connectivity index (χ3n) is 6.75. The number of amides is 2. The Kier molecular flexibility index (Phi) is 4.30. The van der Waals surface area contributed by atoms with Gasteiger partial charge in [-0.1, -0.05) is 11.6 Å². The van der Waals surface area contributed by atoms with Crippen molar-refractivity contribution in [2.24, 2.45) is 11.8 Å². The van der Waals surface area contributed by atoms with Gasteiger partial charge in [-0.25, -0.2) is 10.3 Å². The number of rotatable bonds is 4. The van der Waals surface area contributed by atoms with Crippen LogP contribution in [0.3, 0.4) is 0 Å². The highest BCUT2D eigenvalue weighted by atomic mass is 35.5. The maximum atomic E-state index is 12.3. The molecule has 3 heterocycles. The lowest BCUT2D eigenvalue weighted by Gasteiger charge is -2.42. The standard InChI is InChI=1S/C20H25ClN4O3/c1-20(18(26)16-9-15(21)8-13-10-22-25(20)17(13)16)14-4-6-24(7-5-14)19(27)23-28-11-12-2-3-12/h8-10,12,14,18,26H,2-7,11H2,1H3,(H,23,27)/t18-,20?/m1/s1. The van der Waals surface area contributed by atoms with E-state index in [-0.39, 0.29) is 11.9 Å². The summed E-state index contributed by atoms with van der Waals surface area (Å²) in [6.07, 6.45) is 5.13. The van der Waals surface area contributed by atoms with Gasteiger partial charge in [-0.2, -0.15) is 5.10 Å². The number of carbonyl (C=O) groups is 1. The molecule has 2 aromatic rings. The molecule has 2 aliphatic heterocycles. The second-order valence-corrected chi connectivity index (χ2v) is 8.98. The third-order valence-corrected chi connectivity index (χ3v) is 6.96. The molecular weight excluding hydrogens is 380 g/mol. The van der Waals surface area contributed by atoms with E-state index in [4.69, 9.17) is 16.4 Å². The minimum atomic E-state index is -0.662. The average molecular weight is 405 g/mol. The van der Waals surface area contributed by atoms with E-state index in [0.29, 0.717) is 30.6 Å². The van der Waals surface area contributed by atoms with E-state index in [1.807, 2.05) is 23.0 Å². The maximum Gasteiger partial charge on any atom is 0.341 e. The second kappa shape index (κ2) is 6.61. The smallest absolute Gasteiger partial charge is 0.341 e. The van der Waals surface area contributed by atoms with Crippen LogP contribution in [0.4, 0.5) is 4.79 Å². The number of halogens is 1. The lowest BCUT2D eigenvalue weighted by molar-refractivity contribution is -0.0157. The lowest BCUT2D eigenvalue weighted by Crippen LogP contribution is -2.50. The predicted molar refractivity (Wildman–Crippen MR) is 105 cm³/mol. The fraction of sp³-hybridized carbons (Fsp3) is 0.600. The molecule has 1 aliphatic carbocycles. The van der Waals surface area contributed by atoms with Crippen LogP contribution in [0.25, 0.3) is 10.9 Å². The summed E-state index contributed by atoms with van der Waals surface area (Å²) in [6.45, 7) is 3.93. The van der Waals surface area contributed by atoms with Gasteiger partial charge in [0.25, 0.3) is 0 Å². The van der Waals surface area contributed by atoms with Gasteiger partial charge in [-0.05, 0) is 56.6 Å². The van der Waals surface area contributed by atoms with Crippen molar-refractivity contribution in [2.45, 2.75) is 44.2 Å². The number of hydrogen-bond donors (Lipinski definition) is 2. The minimum absolute atomic E-state index is 0.173. The Morgan fingerprint density at radius 2 is 2.11 bits per heavy atom. The Morgan fingerprint density at radius 3 is 2.82 bits per heavy atom. The summed E-state index contributed by atoms with van der Waals surface area (Å²) in [5.41, 5.74) is 3.83. The van der Waals surface area contributed by atoms with Gasteiger partial charge in [0.1, 0.15) is 6.10 Å². The molecule has 1 aromatic carbocycles. The molecule has 1 saturated carbocycles. The zero-order valence-electron chi connectivity index (χ0n) is 15.9. The highest BCUT2D eigenvalue weighted by Crippen LogP contribution is 2.51. The Morgan fingerprint density at radius 1 is 1.36 bits per heavy atom. The molecule has 150 valence electrons. The van der Waals surface area contributed by atoms with Gasteiger partial charge in [0.2, 0.25) is 0 Å². The van der Waals surface area contributed by atoms with Crippen LogP contribution < -0.4 is 5.48 Å². The summed E-state index contributed by atoms with van der Waals surface area (Å²) in [5.74, 6) is 0.809. The highest BCUT2D eigenvalue weighted by molar-refractivity contribution is 6.31. The lowest BCUT2D eigenvalue weighted by atomic mass is 9.75. The van der Waals surface area contributed by atoms with Crippen molar-refractivity contribution in [2.75, 3.05) is 19.7 Å². The fourth-order valence-corrected chi connectivity index (χ4v) is 5.04. The molecule has 0 spiro atoms. The molecular formula is C20H25ClN4O3. The van der Waals surface area contributed by atoms with Crippen molar-refractivity contribution in [1.29, 1.82) is 0 Å². The number of aliphatic hydroxyl groups is 1. The van der Waals surface area contributed by atoms with Gasteiger partial charge in [-0.3, -0.25) is 9.52 Å². The summed E-state index contributed by atoms with van der Waals surface area (Å²) in [6, 6.07) is 3.56. The van der Waals surface area contributed by atoms with Crippen molar-refractivity contribution >= 4 is 28.5 Å². The number of carbonyl (C=O) groups excluding carboxylic acids is 1. The zero-order chi connectivity index (χ0) is 19.5. The van der Waals surface area contributed by atoms with Crippen molar-refractivity contribution in [1.82, 2.24) is 20.2 Å². The Bertz CT molecular complexity index is 920. The van der Waals surface area contributed by atoms with E-state index in [0.717, 1.165) is 29.3 Å². The SMILES string of the molecule is CC1(C2CCN(C(=O)NOCC3CC3)CC2)[C@H](O)c2cc(Cl)cc3cnn1c23. The van der Waals surface area contributed by atoms with Crippen molar-refractivity contribution in [3.05, 3.63) is 28.9 Å². The first-order valence-corrected chi connectivity index (χ1v) is 10.4. The zero-order valence-corrected chi connectivity index (χ0v) is 16.7. The number of nitrogens with zero attached hydrogens (tertiary/aromatic N) is 3. The molecule has 28 heavy (non-hydrogen) atoms. The van der Waals surface area contributed by atoms with Crippen LogP contribution in [-0.4, -0.2) is 45.5 Å². The first-order chi connectivity index (χ1) is 13.5. The van der Waals surface area contributed by atoms with Crippen molar-refractivity contribution in [3.63, 3.8) is 0 Å². The summed E-state index contributed by atoms with van der Waals surface area (Å²) in [7, 11) is 0. The van der Waals surface area contributed by atoms with Gasteiger partial charge in [0, 0.05) is 29.1 Å². The van der Waals surface area contributed by atoms with Crippen LogP contribution >= 0.6 is 11.6 Å². The molecule has 2 amide bonds. The summed E-state index contributed by atoms with van der Waals surface area (Å²) >= 11 is 6.23. The third kappa shape index (κ3) is 2.79. The normalized spacial score (nSPS) is 27.5. The van der Waals surface area contributed by atoms with Crippen LogP contribution in [0.5, 0.6) is 0 Å². The summed E-state index contributed by atoms with van der Waals surface area (Å²) in [5, 5.41) is 17.3. The molecule has 3 aliphatic rings. The van der Waals surface area contributed by atoms with Crippen molar-refractivity contribution < 1.29 is 14.7 Å². The molecule has 1 unspecified atom stereocenters. The Labute approximate surface area is 168 Å². The highest BCUT2D eigenvalue weighted by Gasteiger charge is 2.50. The van der Waals surface area contributed by atoms with E-state index in [1.54, 1.807) is 4.90 Å². The number of aliphatic hydroxyl groups excluding tert-OH is 1. The number of likely N-dealkylation sites (tertiary alicyclic amines) is 1. The number of aromatic nitrogens is 2. The van der Waals surface area contributed by atoms with Gasteiger partial charge >= 0.3 is 6.03 Å². The molecule has 0 radical (unpaired) electrons. The summed E-state index contributed by atoms with van der Waals surface area (Å²) in [4.78, 5) is 19.4. The Balaban J connectivity index is 1.29. The monoisotopic (exact) mass is 404 g/mol. The number of hydroxylamine groups is 1. The van der Waals surface area contributed by atoms with Crippen LogP contribution in [0.1, 0.15) is 44.3 Å². The molecule has 1 saturated heterocycles. The molecule has 5 rings (SSSR count). The molecule has 2 N–H and O–H groups in total. The number of benzene rings is 1. The maximum absolute atomic E-state index is 12.3. The largest absolute Gasteiger partial charge is 0.386 e. The van der Waals surface area contributed by atoms with Crippen LogP contribution in [0.15, 0.2) is 18.3 Å². The topological polar surface area (TPSA) is 79.6 Å². The average Bonchev–Trinajstić information content (AvgIpc) is 3.38. The van der Waals surface area contributed by atoms with E-state index < -0.39 is 11.6 Å². The van der Waals surface area contributed by atoms with E-state index in [9.17, 15) is 9.90 Å². The first kappa shape index (κ1) is 18.2. The van der Waals surface area contributed by atoms with Crippen LogP contribution in [0.2, 0.25) is 5.02 Å². The predicted octanol–water partition coefficient (Wildman–Crippen LogP) is 3.22. The molecule has 2 fully saturated rings. The van der Waals surface area contributed by atoms with Gasteiger partial charge in [0.15, 0.2) is 0 Å². The van der Waals surface area contributed by atoms with E-state index >= 15 is 0 Å². The van der Waals surface area contributed by atoms with Crippen molar-refractivity contribution in [3.8, 4) is 0 Å². The van der Waals surface area contributed by atoms with Gasteiger partial charge < -0.3 is 10.0 Å². The Hall–Kier alpha value is -1.83. The quantitative estimate of drug-likeness (QED) is 0.767. The molecule has 2 atom stereocenters. The number of hydrogen-bond acceptors (Lipinski definition) is 4. The molecule has 1 aromatic heterocycles. The van der Waals surface area contributed by atoms with Gasteiger partial charge in [0.05, 0.1) is 23.9 Å². The second-order valence-electron chi connectivity index (χ2n) is 8.54. The number of piperidine rings is 1. The minimum Gasteiger partial charge on any atom is -0.386 e. The molecule has 7 nitrogen and oxygen atoms in total. The van der Waals surface area contributed by atoms with Crippen LogP contribution in [-0.2, 0) is 10.4 Å². The van der Waals surface area contributed by atoms with Gasteiger partial charge in [-0.15, -0.1) is 0 Å². The number of nitrogens with one attached hydrogen (secondary N) is 1. The van der Waals surface area contributed by atoms with Crippen LogP contribution in [0, 0.1) is 11.8 Å².